The minimum atomic E-state index is 0.663. The molecule has 1 atom stereocenters. The molecule has 1 heteroatoms. The molecule has 1 rings (SSSR count). The van der Waals surface area contributed by atoms with Gasteiger partial charge in [-0.15, -0.1) is 0 Å². The second-order valence-electron chi connectivity index (χ2n) is 4.01. The maximum atomic E-state index is 3.43. The average Bonchev–Trinajstić information content (AvgIpc) is 2.31. The summed E-state index contributed by atoms with van der Waals surface area (Å²) in [7, 11) is 0. The van der Waals surface area contributed by atoms with Crippen molar-refractivity contribution in [3.8, 4) is 0 Å². The van der Waals surface area contributed by atoms with Crippen LogP contribution in [0.5, 0.6) is 0 Å². The molecule has 0 spiro atoms. The predicted molar refractivity (Wildman–Crippen MR) is 67.4 cm³/mol. The topological polar surface area (TPSA) is 12.0 Å². The van der Waals surface area contributed by atoms with Crippen molar-refractivity contribution in [2.45, 2.75) is 39.5 Å². The maximum absolute atomic E-state index is 3.43. The van der Waals surface area contributed by atoms with E-state index in [4.69, 9.17) is 0 Å². The Morgan fingerprint density at radius 2 is 1.73 bits per heavy atom. The van der Waals surface area contributed by atoms with Crippen LogP contribution in [0, 0.1) is 0 Å². The smallest absolute Gasteiger partial charge is 0.00199 e. The third-order valence-corrected chi connectivity index (χ3v) is 2.99. The van der Waals surface area contributed by atoms with Crippen molar-refractivity contribution in [3.63, 3.8) is 0 Å². The summed E-state index contributed by atoms with van der Waals surface area (Å²) >= 11 is 0. The zero-order valence-corrected chi connectivity index (χ0v) is 10.2. The molecule has 0 bridgehead atoms. The first kappa shape index (κ1) is 12.3. The Bertz CT molecular complexity index is 263. The van der Waals surface area contributed by atoms with E-state index in [0.717, 1.165) is 19.5 Å². The van der Waals surface area contributed by atoms with Crippen LogP contribution in [0.3, 0.4) is 0 Å². The molecule has 0 amide bonds. The average molecular weight is 205 g/mol. The Hall–Kier alpha value is -0.820. The van der Waals surface area contributed by atoms with Crippen LogP contribution in [0.15, 0.2) is 24.3 Å². The molecule has 0 radical (unpaired) electrons. The zero-order chi connectivity index (χ0) is 11.1. The normalized spacial score (nSPS) is 12.7. The summed E-state index contributed by atoms with van der Waals surface area (Å²) in [6.07, 6.45) is 2.34. The van der Waals surface area contributed by atoms with E-state index >= 15 is 0 Å². The summed E-state index contributed by atoms with van der Waals surface area (Å²) < 4.78 is 0. The van der Waals surface area contributed by atoms with Crippen molar-refractivity contribution in [1.82, 2.24) is 5.32 Å². The van der Waals surface area contributed by atoms with Gasteiger partial charge in [0.2, 0.25) is 0 Å². The van der Waals surface area contributed by atoms with Gasteiger partial charge in [0.1, 0.15) is 0 Å². The lowest BCUT2D eigenvalue weighted by atomic mass is 9.95. The van der Waals surface area contributed by atoms with Crippen molar-refractivity contribution < 1.29 is 0 Å². The summed E-state index contributed by atoms with van der Waals surface area (Å²) in [5, 5.41) is 3.43. The Labute approximate surface area is 93.9 Å². The molecule has 1 N–H and O–H groups in total. The van der Waals surface area contributed by atoms with Crippen molar-refractivity contribution in [2.75, 3.05) is 13.1 Å². The Morgan fingerprint density at radius 3 is 2.20 bits per heavy atom. The highest BCUT2D eigenvalue weighted by molar-refractivity contribution is 5.25. The summed E-state index contributed by atoms with van der Waals surface area (Å²) in [5.74, 6) is 0.663. The molecule has 0 aromatic heterocycles. The number of nitrogens with one attached hydrogen (secondary N) is 1. The van der Waals surface area contributed by atoms with Gasteiger partial charge in [-0.05, 0) is 36.4 Å². The van der Waals surface area contributed by atoms with Crippen LogP contribution in [0.4, 0.5) is 0 Å². The molecule has 1 aromatic rings. The van der Waals surface area contributed by atoms with Crippen LogP contribution >= 0.6 is 0 Å². The van der Waals surface area contributed by atoms with Crippen LogP contribution in [0.1, 0.15) is 44.2 Å². The number of aryl methyl sites for hydroxylation is 1. The van der Waals surface area contributed by atoms with Gasteiger partial charge in [0, 0.05) is 6.54 Å². The molecule has 1 unspecified atom stereocenters. The summed E-state index contributed by atoms with van der Waals surface area (Å²) in [6, 6.07) is 9.07. The first-order valence-corrected chi connectivity index (χ1v) is 6.11. The molecule has 84 valence electrons. The molecule has 0 aliphatic carbocycles. The highest BCUT2D eigenvalue weighted by atomic mass is 14.8. The predicted octanol–water partition coefficient (Wildman–Crippen LogP) is 3.35. The van der Waals surface area contributed by atoms with E-state index in [9.17, 15) is 0 Å². The largest absolute Gasteiger partial charge is 0.316 e. The highest BCUT2D eigenvalue weighted by Gasteiger charge is 2.07. The molecular weight excluding hydrogens is 182 g/mol. The first-order chi connectivity index (χ1) is 7.31. The van der Waals surface area contributed by atoms with Gasteiger partial charge in [-0.3, -0.25) is 0 Å². The van der Waals surface area contributed by atoms with Gasteiger partial charge >= 0.3 is 0 Å². The van der Waals surface area contributed by atoms with Crippen LogP contribution in [-0.4, -0.2) is 13.1 Å². The molecule has 0 aliphatic rings. The van der Waals surface area contributed by atoms with Crippen molar-refractivity contribution in [3.05, 3.63) is 35.4 Å². The van der Waals surface area contributed by atoms with E-state index in [1.54, 1.807) is 0 Å². The summed E-state index contributed by atoms with van der Waals surface area (Å²) in [5.41, 5.74) is 2.90. The van der Waals surface area contributed by atoms with E-state index in [-0.39, 0.29) is 0 Å². The van der Waals surface area contributed by atoms with Gasteiger partial charge in [-0.1, -0.05) is 45.0 Å². The minimum Gasteiger partial charge on any atom is -0.316 e. The number of hydrogen-bond acceptors (Lipinski definition) is 1. The fourth-order valence-corrected chi connectivity index (χ4v) is 1.84. The number of benzene rings is 1. The van der Waals surface area contributed by atoms with E-state index in [1.165, 1.54) is 17.5 Å². The van der Waals surface area contributed by atoms with Crippen LogP contribution in [0.2, 0.25) is 0 Å². The monoisotopic (exact) mass is 205 g/mol. The minimum absolute atomic E-state index is 0.663. The van der Waals surface area contributed by atoms with Gasteiger partial charge in [0.05, 0.1) is 0 Å². The Balaban J connectivity index is 2.65. The molecule has 0 fully saturated rings. The van der Waals surface area contributed by atoms with Crippen LogP contribution in [-0.2, 0) is 6.42 Å². The van der Waals surface area contributed by atoms with Gasteiger partial charge in [0.15, 0.2) is 0 Å². The number of likely N-dealkylation sites (N-methyl/N-ethyl adjacent to an activating group) is 1. The highest BCUT2D eigenvalue weighted by Crippen LogP contribution is 2.19. The first-order valence-electron chi connectivity index (χ1n) is 6.11. The second kappa shape index (κ2) is 6.62. The molecular formula is C14H23N. The lowest BCUT2D eigenvalue weighted by Crippen LogP contribution is -2.20. The van der Waals surface area contributed by atoms with Crippen LogP contribution < -0.4 is 5.32 Å². The third-order valence-electron chi connectivity index (χ3n) is 2.99. The third kappa shape index (κ3) is 3.67. The van der Waals surface area contributed by atoms with Gasteiger partial charge < -0.3 is 5.32 Å². The zero-order valence-electron chi connectivity index (χ0n) is 10.2. The Morgan fingerprint density at radius 1 is 1.07 bits per heavy atom. The molecule has 0 saturated carbocycles. The van der Waals surface area contributed by atoms with Gasteiger partial charge in [-0.25, -0.2) is 0 Å². The molecule has 0 aliphatic heterocycles. The van der Waals surface area contributed by atoms with Crippen molar-refractivity contribution in [2.24, 2.45) is 0 Å². The lowest BCUT2D eigenvalue weighted by molar-refractivity contribution is 0.583. The van der Waals surface area contributed by atoms with Gasteiger partial charge in [-0.2, -0.15) is 0 Å². The quantitative estimate of drug-likeness (QED) is 0.751. The molecule has 1 aromatic carbocycles. The maximum Gasteiger partial charge on any atom is 0.00199 e. The molecule has 0 saturated heterocycles. The van der Waals surface area contributed by atoms with Crippen molar-refractivity contribution >= 4 is 0 Å². The molecule has 1 nitrogen and oxygen atoms in total. The fraction of sp³-hybridized carbons (Fsp3) is 0.571. The van der Waals surface area contributed by atoms with E-state index in [2.05, 4.69) is 50.4 Å². The fourth-order valence-electron chi connectivity index (χ4n) is 1.84. The standard InChI is InChI=1S/C14H23N/c1-4-12-7-9-14(10-8-12)13(5-2)11-15-6-3/h7-10,13,15H,4-6,11H2,1-3H3. The van der Waals surface area contributed by atoms with E-state index < -0.39 is 0 Å². The van der Waals surface area contributed by atoms with Crippen LogP contribution in [0.25, 0.3) is 0 Å². The Kier molecular flexibility index (Phi) is 5.41. The molecule has 15 heavy (non-hydrogen) atoms. The summed E-state index contributed by atoms with van der Waals surface area (Å²) in [4.78, 5) is 0. The SMILES string of the molecule is CCNCC(CC)c1ccc(CC)cc1. The van der Waals surface area contributed by atoms with Crippen molar-refractivity contribution in [1.29, 1.82) is 0 Å². The lowest BCUT2D eigenvalue weighted by Gasteiger charge is -2.15. The number of rotatable bonds is 6. The number of hydrogen-bond donors (Lipinski definition) is 1. The molecule has 0 heterocycles. The van der Waals surface area contributed by atoms with E-state index in [0.29, 0.717) is 5.92 Å². The second-order valence-corrected chi connectivity index (χ2v) is 4.01. The van der Waals surface area contributed by atoms with Gasteiger partial charge in [0.25, 0.3) is 0 Å². The summed E-state index contributed by atoms with van der Waals surface area (Å²) in [6.45, 7) is 8.77. The van der Waals surface area contributed by atoms with E-state index in [1.807, 2.05) is 0 Å².